The van der Waals surface area contributed by atoms with E-state index >= 15 is 0 Å². The van der Waals surface area contributed by atoms with Crippen molar-refractivity contribution in [1.82, 2.24) is 0 Å². The van der Waals surface area contributed by atoms with Gasteiger partial charge in [-0.3, -0.25) is 0 Å². The highest BCUT2D eigenvalue weighted by molar-refractivity contribution is 14.1. The molecule has 0 aromatic carbocycles. The van der Waals surface area contributed by atoms with E-state index in [4.69, 9.17) is 4.74 Å². The zero-order valence-corrected chi connectivity index (χ0v) is 7.48. The number of alkyl halides is 1. The molecule has 0 saturated heterocycles. The van der Waals surface area contributed by atoms with Gasteiger partial charge in [0.2, 0.25) is 0 Å². The van der Waals surface area contributed by atoms with Crippen LogP contribution in [-0.2, 0) is 4.74 Å². The largest absolute Gasteiger partial charge is 0.381 e. The van der Waals surface area contributed by atoms with E-state index in [1.807, 2.05) is 0 Å². The minimum atomic E-state index is 0.927. The lowest BCUT2D eigenvalue weighted by Gasteiger charge is -1.97. The second kappa shape index (κ2) is 7.69. The molecular formula is C6H13IO. The summed E-state index contributed by atoms with van der Waals surface area (Å²) < 4.78 is 6.43. The molecule has 50 valence electrons. The molecule has 0 saturated carbocycles. The predicted octanol–water partition coefficient (Wildman–Crippen LogP) is 2.24. The van der Waals surface area contributed by atoms with Gasteiger partial charge < -0.3 is 4.74 Å². The van der Waals surface area contributed by atoms with Gasteiger partial charge in [-0.2, -0.15) is 0 Å². The Morgan fingerprint density at radius 2 is 2.12 bits per heavy atom. The van der Waals surface area contributed by atoms with Gasteiger partial charge in [-0.25, -0.2) is 0 Å². The van der Waals surface area contributed by atoms with Crippen LogP contribution < -0.4 is 0 Å². The van der Waals surface area contributed by atoms with Gasteiger partial charge in [0.1, 0.15) is 0 Å². The highest BCUT2D eigenvalue weighted by atomic mass is 127. The Hall–Kier alpha value is 0.690. The van der Waals surface area contributed by atoms with Crippen LogP contribution in [0.15, 0.2) is 0 Å². The third-order valence-corrected chi connectivity index (χ3v) is 1.53. The molecule has 0 aliphatic rings. The molecule has 0 aliphatic carbocycles. The minimum Gasteiger partial charge on any atom is -0.381 e. The van der Waals surface area contributed by atoms with E-state index in [0.29, 0.717) is 0 Å². The second-order valence-electron chi connectivity index (χ2n) is 1.65. The van der Waals surface area contributed by atoms with E-state index in [-0.39, 0.29) is 0 Å². The summed E-state index contributed by atoms with van der Waals surface area (Å²) in [5, 5.41) is 0. The molecule has 0 amide bonds. The second-order valence-corrected chi connectivity index (χ2v) is 2.73. The predicted molar refractivity (Wildman–Crippen MR) is 44.6 cm³/mol. The fraction of sp³-hybridized carbons (Fsp3) is 1.00. The molecule has 0 spiro atoms. The number of ether oxygens (including phenoxy) is 1. The van der Waals surface area contributed by atoms with Gasteiger partial charge in [0, 0.05) is 17.6 Å². The quantitative estimate of drug-likeness (QED) is 0.398. The molecule has 0 aromatic rings. The highest BCUT2D eigenvalue weighted by Crippen LogP contribution is 1.89. The minimum absolute atomic E-state index is 0.927. The Balaban J connectivity index is 2.53. The fourth-order valence-corrected chi connectivity index (χ4v) is 0.714. The maximum Gasteiger partial charge on any atom is 0.0473 e. The molecule has 0 aliphatic heterocycles. The van der Waals surface area contributed by atoms with Crippen LogP contribution in [-0.4, -0.2) is 17.6 Å². The van der Waals surface area contributed by atoms with Crippen molar-refractivity contribution in [3.8, 4) is 0 Å². The SMILES string of the molecule is CCCOCCCI. The maximum atomic E-state index is 5.22. The Bertz CT molecular complexity index is 33.5. The Labute approximate surface area is 64.9 Å². The van der Waals surface area contributed by atoms with Crippen LogP contribution >= 0.6 is 22.6 Å². The van der Waals surface area contributed by atoms with Gasteiger partial charge in [-0.05, 0) is 12.8 Å². The van der Waals surface area contributed by atoms with Crippen molar-refractivity contribution in [2.45, 2.75) is 19.8 Å². The van der Waals surface area contributed by atoms with Crippen LogP contribution in [0.5, 0.6) is 0 Å². The fourth-order valence-electron chi connectivity index (χ4n) is 0.403. The van der Waals surface area contributed by atoms with Crippen LogP contribution in [0.4, 0.5) is 0 Å². The first-order valence-corrected chi connectivity index (χ1v) is 4.58. The van der Waals surface area contributed by atoms with Crippen LogP contribution in [0, 0.1) is 0 Å². The van der Waals surface area contributed by atoms with Crippen molar-refractivity contribution >= 4 is 22.6 Å². The van der Waals surface area contributed by atoms with Crippen molar-refractivity contribution in [2.24, 2.45) is 0 Å². The third-order valence-electron chi connectivity index (χ3n) is 0.771. The summed E-state index contributed by atoms with van der Waals surface area (Å²) in [4.78, 5) is 0. The zero-order valence-electron chi connectivity index (χ0n) is 5.32. The molecule has 0 aromatic heterocycles. The summed E-state index contributed by atoms with van der Waals surface area (Å²) in [6, 6.07) is 0. The average Bonchev–Trinajstić information content (AvgIpc) is 1.81. The molecule has 0 bridgehead atoms. The van der Waals surface area contributed by atoms with E-state index in [9.17, 15) is 0 Å². The summed E-state index contributed by atoms with van der Waals surface area (Å²) in [7, 11) is 0. The van der Waals surface area contributed by atoms with E-state index in [2.05, 4.69) is 29.5 Å². The first kappa shape index (κ1) is 8.69. The molecule has 2 heteroatoms. The average molecular weight is 228 g/mol. The first-order valence-electron chi connectivity index (χ1n) is 3.05. The maximum absolute atomic E-state index is 5.22. The molecule has 1 nitrogen and oxygen atoms in total. The van der Waals surface area contributed by atoms with Crippen molar-refractivity contribution in [3.63, 3.8) is 0 Å². The normalized spacial score (nSPS) is 9.75. The topological polar surface area (TPSA) is 9.23 Å². The molecular weight excluding hydrogens is 215 g/mol. The van der Waals surface area contributed by atoms with Gasteiger partial charge in [-0.15, -0.1) is 0 Å². The number of hydrogen-bond acceptors (Lipinski definition) is 1. The number of hydrogen-bond donors (Lipinski definition) is 0. The summed E-state index contributed by atoms with van der Waals surface area (Å²) in [6.45, 7) is 4.00. The standard InChI is InChI=1S/C6H13IO/c1-2-5-8-6-3-4-7/h2-6H2,1H3. The summed E-state index contributed by atoms with van der Waals surface area (Å²) in [6.07, 6.45) is 2.34. The van der Waals surface area contributed by atoms with Gasteiger partial charge in [0.05, 0.1) is 0 Å². The smallest absolute Gasteiger partial charge is 0.0473 e. The Morgan fingerprint density at radius 3 is 2.62 bits per heavy atom. The van der Waals surface area contributed by atoms with E-state index in [1.54, 1.807) is 0 Å². The molecule has 0 rings (SSSR count). The lowest BCUT2D eigenvalue weighted by Crippen LogP contribution is -1.95. The molecule has 0 unspecified atom stereocenters. The van der Waals surface area contributed by atoms with Gasteiger partial charge in [-0.1, -0.05) is 29.5 Å². The zero-order chi connectivity index (χ0) is 6.24. The van der Waals surface area contributed by atoms with Gasteiger partial charge in [0.15, 0.2) is 0 Å². The third kappa shape index (κ3) is 6.69. The van der Waals surface area contributed by atoms with Gasteiger partial charge >= 0.3 is 0 Å². The molecule has 0 N–H and O–H groups in total. The molecule has 8 heavy (non-hydrogen) atoms. The Morgan fingerprint density at radius 1 is 1.38 bits per heavy atom. The number of rotatable bonds is 5. The van der Waals surface area contributed by atoms with Crippen molar-refractivity contribution in [3.05, 3.63) is 0 Å². The van der Waals surface area contributed by atoms with Crippen LogP contribution in [0.25, 0.3) is 0 Å². The van der Waals surface area contributed by atoms with E-state index < -0.39 is 0 Å². The van der Waals surface area contributed by atoms with Crippen LogP contribution in [0.3, 0.4) is 0 Å². The van der Waals surface area contributed by atoms with Crippen molar-refractivity contribution in [1.29, 1.82) is 0 Å². The summed E-state index contributed by atoms with van der Waals surface area (Å²) in [5.41, 5.74) is 0. The monoisotopic (exact) mass is 228 g/mol. The van der Waals surface area contributed by atoms with Crippen LogP contribution in [0.1, 0.15) is 19.8 Å². The highest BCUT2D eigenvalue weighted by Gasteiger charge is 1.82. The van der Waals surface area contributed by atoms with Crippen LogP contribution in [0.2, 0.25) is 0 Å². The lowest BCUT2D eigenvalue weighted by atomic mass is 10.5. The van der Waals surface area contributed by atoms with Crippen molar-refractivity contribution in [2.75, 3.05) is 17.6 Å². The lowest BCUT2D eigenvalue weighted by molar-refractivity contribution is 0.136. The summed E-state index contributed by atoms with van der Waals surface area (Å²) in [5.74, 6) is 0. The molecule has 0 atom stereocenters. The molecule has 0 fully saturated rings. The number of halogens is 1. The van der Waals surface area contributed by atoms with E-state index in [1.165, 1.54) is 10.8 Å². The first-order chi connectivity index (χ1) is 3.91. The Kier molecular flexibility index (Phi) is 8.35. The van der Waals surface area contributed by atoms with Gasteiger partial charge in [0.25, 0.3) is 0 Å². The molecule has 0 radical (unpaired) electrons. The summed E-state index contributed by atoms with van der Waals surface area (Å²) >= 11 is 2.36. The van der Waals surface area contributed by atoms with E-state index in [0.717, 1.165) is 19.6 Å². The molecule has 0 heterocycles. The van der Waals surface area contributed by atoms with Crippen molar-refractivity contribution < 1.29 is 4.74 Å².